The van der Waals surface area contributed by atoms with Gasteiger partial charge in [-0.25, -0.2) is 8.42 Å². The van der Waals surface area contributed by atoms with Crippen LogP contribution in [0.5, 0.6) is 0 Å². The second-order valence-electron chi connectivity index (χ2n) is 7.69. The predicted octanol–water partition coefficient (Wildman–Crippen LogP) is 4.22. The molecule has 0 radical (unpaired) electrons. The fourth-order valence-corrected chi connectivity index (χ4v) is 4.71. The summed E-state index contributed by atoms with van der Waals surface area (Å²) in [6.07, 6.45) is 0. The molecule has 0 aliphatic carbocycles. The smallest absolute Gasteiger partial charge is 0.261 e. The van der Waals surface area contributed by atoms with Crippen molar-refractivity contribution in [2.45, 2.75) is 17.9 Å². The van der Waals surface area contributed by atoms with E-state index in [-0.39, 0.29) is 10.9 Å². The first-order chi connectivity index (χ1) is 15.5. The molecule has 0 bridgehead atoms. The number of para-hydroxylation sites is 1. The van der Waals surface area contributed by atoms with Gasteiger partial charge in [0.2, 0.25) is 0 Å². The summed E-state index contributed by atoms with van der Waals surface area (Å²) in [5.74, 6) is 6.64. The van der Waals surface area contributed by atoms with Crippen molar-refractivity contribution >= 4 is 15.7 Å². The second-order valence-corrected chi connectivity index (χ2v) is 9.37. The lowest BCUT2D eigenvalue weighted by atomic mass is 10.0. The van der Waals surface area contributed by atoms with Gasteiger partial charge in [-0.05, 0) is 37.3 Å². The minimum Gasteiger partial charge on any atom is -0.379 e. The lowest BCUT2D eigenvalue weighted by Gasteiger charge is -2.32. The Labute approximate surface area is 190 Å². The summed E-state index contributed by atoms with van der Waals surface area (Å²) in [7, 11) is -3.73. The van der Waals surface area contributed by atoms with Gasteiger partial charge in [-0.1, -0.05) is 65.9 Å². The van der Waals surface area contributed by atoms with Crippen molar-refractivity contribution in [2.75, 3.05) is 31.0 Å². The molecule has 32 heavy (non-hydrogen) atoms. The monoisotopic (exact) mass is 446 g/mol. The highest BCUT2D eigenvalue weighted by Gasteiger charge is 2.25. The largest absolute Gasteiger partial charge is 0.379 e. The van der Waals surface area contributed by atoms with Crippen LogP contribution >= 0.6 is 0 Å². The highest BCUT2D eigenvalue weighted by molar-refractivity contribution is 7.92. The minimum atomic E-state index is -3.73. The predicted molar refractivity (Wildman–Crippen MR) is 127 cm³/mol. The number of nitrogens with one attached hydrogen (secondary N) is 1. The minimum absolute atomic E-state index is 0.233. The molecule has 1 heterocycles. The Morgan fingerprint density at radius 1 is 0.906 bits per heavy atom. The number of aryl methyl sites for hydroxylation is 1. The Morgan fingerprint density at radius 3 is 2.28 bits per heavy atom. The van der Waals surface area contributed by atoms with Gasteiger partial charge in [0.1, 0.15) is 0 Å². The third-order valence-corrected chi connectivity index (χ3v) is 6.75. The van der Waals surface area contributed by atoms with E-state index in [1.165, 1.54) is 0 Å². The van der Waals surface area contributed by atoms with Crippen LogP contribution in [0.2, 0.25) is 0 Å². The van der Waals surface area contributed by atoms with Crippen molar-refractivity contribution in [3.8, 4) is 11.8 Å². The van der Waals surface area contributed by atoms with Crippen molar-refractivity contribution in [1.29, 1.82) is 0 Å². The summed E-state index contributed by atoms with van der Waals surface area (Å²) >= 11 is 0. The number of benzene rings is 3. The van der Waals surface area contributed by atoms with Gasteiger partial charge in [-0.2, -0.15) is 0 Å². The first-order valence-electron chi connectivity index (χ1n) is 10.6. The van der Waals surface area contributed by atoms with Crippen LogP contribution in [0.25, 0.3) is 0 Å². The van der Waals surface area contributed by atoms with E-state index in [0.29, 0.717) is 18.9 Å². The number of hydrogen-bond donors (Lipinski definition) is 1. The molecule has 1 atom stereocenters. The summed E-state index contributed by atoms with van der Waals surface area (Å²) in [4.78, 5) is 2.47. The first-order valence-corrected chi connectivity index (χ1v) is 12.1. The van der Waals surface area contributed by atoms with Crippen LogP contribution in [0, 0.1) is 18.8 Å². The Kier molecular flexibility index (Phi) is 6.91. The molecule has 1 N–H and O–H groups in total. The molecule has 0 amide bonds. The molecule has 3 aromatic carbocycles. The number of morpholine rings is 1. The van der Waals surface area contributed by atoms with E-state index in [2.05, 4.69) is 21.5 Å². The van der Waals surface area contributed by atoms with Gasteiger partial charge in [0, 0.05) is 24.2 Å². The Morgan fingerprint density at radius 2 is 1.56 bits per heavy atom. The maximum atomic E-state index is 13.1. The third-order valence-electron chi connectivity index (χ3n) is 5.37. The van der Waals surface area contributed by atoms with Gasteiger partial charge in [0.25, 0.3) is 10.0 Å². The summed E-state index contributed by atoms with van der Waals surface area (Å²) < 4.78 is 34.4. The van der Waals surface area contributed by atoms with Gasteiger partial charge in [0.05, 0.1) is 29.8 Å². The number of hydrogen-bond acceptors (Lipinski definition) is 4. The van der Waals surface area contributed by atoms with Gasteiger partial charge in [-0.15, -0.1) is 0 Å². The molecule has 1 unspecified atom stereocenters. The van der Waals surface area contributed by atoms with E-state index < -0.39 is 10.0 Å². The molecule has 6 heteroatoms. The molecule has 0 aromatic heterocycles. The molecule has 3 aromatic rings. The quantitative estimate of drug-likeness (QED) is 0.596. The van der Waals surface area contributed by atoms with E-state index in [1.807, 2.05) is 55.5 Å². The lowest BCUT2D eigenvalue weighted by molar-refractivity contribution is 0.0271. The zero-order valence-corrected chi connectivity index (χ0v) is 18.8. The summed E-state index contributed by atoms with van der Waals surface area (Å²) in [5, 5.41) is 0. The molecule has 1 fully saturated rings. The number of sulfonamides is 1. The fourth-order valence-electron chi connectivity index (χ4n) is 3.62. The highest BCUT2D eigenvalue weighted by Crippen LogP contribution is 2.30. The first kappa shape index (κ1) is 22.1. The molecule has 4 rings (SSSR count). The van der Waals surface area contributed by atoms with Crippen LogP contribution in [0.4, 0.5) is 5.69 Å². The SMILES string of the molecule is Cc1ccc(S(=O)(=O)Nc2ccccc2C(C#Cc2ccccc2)N2CCOCC2)cc1. The molecule has 0 saturated carbocycles. The van der Waals surface area contributed by atoms with Gasteiger partial charge in [-0.3, -0.25) is 9.62 Å². The van der Waals surface area contributed by atoms with Crippen molar-refractivity contribution in [1.82, 2.24) is 4.90 Å². The van der Waals surface area contributed by atoms with Crippen LogP contribution in [-0.2, 0) is 14.8 Å². The average molecular weight is 447 g/mol. The molecule has 5 nitrogen and oxygen atoms in total. The molecule has 1 saturated heterocycles. The Bertz CT molecular complexity index is 1210. The van der Waals surface area contributed by atoms with Gasteiger partial charge < -0.3 is 4.74 Å². The standard InChI is InChI=1S/C26H26N2O3S/c1-21-11-14-23(15-12-21)32(29,30)27-25-10-6-5-9-24(25)26(28-17-19-31-20-18-28)16-13-22-7-3-2-4-8-22/h2-12,14-15,26-27H,17-20H2,1H3. The summed E-state index contributed by atoms with van der Waals surface area (Å²) in [5.41, 5.74) is 3.29. The van der Waals surface area contributed by atoms with Crippen LogP contribution in [0.1, 0.15) is 22.7 Å². The fraction of sp³-hybridized carbons (Fsp3) is 0.231. The molecular formula is C26H26N2O3S. The van der Waals surface area contributed by atoms with E-state index in [4.69, 9.17) is 4.74 Å². The maximum Gasteiger partial charge on any atom is 0.261 e. The van der Waals surface area contributed by atoms with Crippen molar-refractivity contribution in [2.24, 2.45) is 0 Å². The zero-order chi connectivity index (χ0) is 22.4. The zero-order valence-electron chi connectivity index (χ0n) is 18.0. The van der Waals surface area contributed by atoms with Crippen LogP contribution in [0.15, 0.2) is 83.8 Å². The average Bonchev–Trinajstić information content (AvgIpc) is 2.82. The van der Waals surface area contributed by atoms with Crippen LogP contribution in [0.3, 0.4) is 0 Å². The number of nitrogens with zero attached hydrogens (tertiary/aromatic N) is 1. The van der Waals surface area contributed by atoms with Crippen molar-refractivity contribution in [3.63, 3.8) is 0 Å². The molecule has 164 valence electrons. The molecular weight excluding hydrogens is 420 g/mol. The number of anilines is 1. The van der Waals surface area contributed by atoms with E-state index >= 15 is 0 Å². The topological polar surface area (TPSA) is 58.6 Å². The van der Waals surface area contributed by atoms with Gasteiger partial charge in [0.15, 0.2) is 0 Å². The van der Waals surface area contributed by atoms with E-state index in [9.17, 15) is 8.42 Å². The normalized spacial score (nSPS) is 15.4. The second kappa shape index (κ2) is 10.0. The van der Waals surface area contributed by atoms with Crippen LogP contribution in [-0.4, -0.2) is 39.6 Å². The lowest BCUT2D eigenvalue weighted by Crippen LogP contribution is -2.39. The molecule has 1 aliphatic heterocycles. The summed E-state index contributed by atoms with van der Waals surface area (Å²) in [6.45, 7) is 4.64. The van der Waals surface area contributed by atoms with Crippen molar-refractivity contribution < 1.29 is 13.2 Å². The van der Waals surface area contributed by atoms with Crippen LogP contribution < -0.4 is 4.72 Å². The highest BCUT2D eigenvalue weighted by atomic mass is 32.2. The molecule has 1 aliphatic rings. The number of ether oxygens (including phenoxy) is 1. The summed E-state index contributed by atoms with van der Waals surface area (Å²) in [6, 6.07) is 23.8. The Balaban J connectivity index is 1.70. The van der Waals surface area contributed by atoms with Gasteiger partial charge >= 0.3 is 0 Å². The van der Waals surface area contributed by atoms with E-state index in [0.717, 1.165) is 29.8 Å². The molecule has 0 spiro atoms. The van der Waals surface area contributed by atoms with E-state index in [1.54, 1.807) is 30.3 Å². The number of rotatable bonds is 5. The maximum absolute atomic E-state index is 13.1. The van der Waals surface area contributed by atoms with Crippen molar-refractivity contribution in [3.05, 3.63) is 95.6 Å². The Hall–Kier alpha value is -3.11. The third kappa shape index (κ3) is 5.38.